The number of hydrogen-bond acceptors (Lipinski definition) is 3. The van der Waals surface area contributed by atoms with Crippen LogP contribution in [0.2, 0.25) is 0 Å². The highest BCUT2D eigenvalue weighted by Gasteiger charge is 2.26. The first-order valence-electron chi connectivity index (χ1n) is 11.9. The van der Waals surface area contributed by atoms with Crippen LogP contribution in [-0.2, 0) is 11.2 Å². The molecule has 0 aliphatic carbocycles. The molecule has 3 atom stereocenters. The van der Waals surface area contributed by atoms with Gasteiger partial charge in [-0.1, -0.05) is 78.4 Å². The molecule has 34 heavy (non-hydrogen) atoms. The van der Waals surface area contributed by atoms with Crippen molar-refractivity contribution in [3.05, 3.63) is 119 Å². The second kappa shape index (κ2) is 11.7. The Morgan fingerprint density at radius 3 is 2.38 bits per heavy atom. The van der Waals surface area contributed by atoms with Gasteiger partial charge in [0.1, 0.15) is 6.10 Å². The van der Waals surface area contributed by atoms with E-state index in [9.17, 15) is 5.11 Å². The van der Waals surface area contributed by atoms with E-state index in [4.69, 9.17) is 4.74 Å². The van der Waals surface area contributed by atoms with E-state index in [-0.39, 0.29) is 12.0 Å². The van der Waals surface area contributed by atoms with Gasteiger partial charge in [-0.25, -0.2) is 0 Å². The van der Waals surface area contributed by atoms with Gasteiger partial charge >= 0.3 is 0 Å². The fourth-order valence-corrected chi connectivity index (χ4v) is 4.50. The number of para-hydroxylation sites is 1. The van der Waals surface area contributed by atoms with Crippen LogP contribution in [0.3, 0.4) is 0 Å². The van der Waals surface area contributed by atoms with Crippen LogP contribution in [0.1, 0.15) is 53.1 Å². The van der Waals surface area contributed by atoms with Gasteiger partial charge in [-0.2, -0.15) is 0 Å². The topological polar surface area (TPSA) is 41.5 Å². The van der Waals surface area contributed by atoms with Crippen molar-refractivity contribution in [3.8, 4) is 0 Å². The summed E-state index contributed by atoms with van der Waals surface area (Å²) in [5.41, 5.74) is 8.37. The third-order valence-electron chi connectivity index (χ3n) is 6.33. The minimum Gasteiger partial charge on any atom is -0.476 e. The molecule has 3 heteroatoms. The van der Waals surface area contributed by atoms with E-state index in [0.717, 1.165) is 23.2 Å². The largest absolute Gasteiger partial charge is 0.476 e. The van der Waals surface area contributed by atoms with Crippen molar-refractivity contribution < 1.29 is 9.84 Å². The zero-order valence-electron chi connectivity index (χ0n) is 21.0. The number of benzene rings is 3. The highest BCUT2D eigenvalue weighted by Crippen LogP contribution is 2.28. The molecular weight excluding hydrogens is 418 g/mol. The lowest BCUT2D eigenvalue weighted by atomic mass is 9.89. The smallest absolute Gasteiger partial charge is 0.183 e. The van der Waals surface area contributed by atoms with Crippen molar-refractivity contribution in [3.63, 3.8) is 0 Å². The average Bonchev–Trinajstić information content (AvgIpc) is 2.78. The summed E-state index contributed by atoms with van der Waals surface area (Å²) in [5.74, 6) is 0.302. The number of nitrogens with one attached hydrogen (secondary N) is 1. The Kier molecular flexibility index (Phi) is 8.72. The molecule has 3 rings (SSSR count). The van der Waals surface area contributed by atoms with E-state index in [1.54, 1.807) is 6.92 Å². The molecule has 3 nitrogen and oxygen atoms in total. The molecule has 178 valence electrons. The third-order valence-corrected chi connectivity index (χ3v) is 6.33. The highest BCUT2D eigenvalue weighted by molar-refractivity contribution is 5.68. The molecule has 3 aromatic carbocycles. The van der Waals surface area contributed by atoms with Crippen LogP contribution in [0.25, 0.3) is 6.08 Å². The van der Waals surface area contributed by atoms with Crippen molar-refractivity contribution in [2.24, 2.45) is 0 Å². The molecule has 0 aliphatic heterocycles. The molecule has 0 spiro atoms. The minimum atomic E-state index is -0.547. The molecule has 3 unspecified atom stereocenters. The van der Waals surface area contributed by atoms with Gasteiger partial charge in [0.05, 0.1) is 6.10 Å². The predicted molar refractivity (Wildman–Crippen MR) is 144 cm³/mol. The lowest BCUT2D eigenvalue weighted by Crippen LogP contribution is -2.28. The summed E-state index contributed by atoms with van der Waals surface area (Å²) in [6.45, 7) is 14.3. The average molecular weight is 456 g/mol. The second-order valence-electron chi connectivity index (χ2n) is 9.11. The molecule has 3 aromatic rings. The number of anilines is 1. The van der Waals surface area contributed by atoms with Gasteiger partial charge in [-0.15, -0.1) is 0 Å². The zero-order chi connectivity index (χ0) is 24.7. The minimum absolute atomic E-state index is 0.157. The molecule has 0 amide bonds. The quantitative estimate of drug-likeness (QED) is 0.315. The van der Waals surface area contributed by atoms with Crippen LogP contribution < -0.4 is 5.32 Å². The Balaban J connectivity index is 1.68. The maximum atomic E-state index is 10.4. The molecule has 0 heterocycles. The summed E-state index contributed by atoms with van der Waals surface area (Å²) < 4.78 is 6.11. The molecule has 0 aromatic heterocycles. The molecule has 0 bridgehead atoms. The van der Waals surface area contributed by atoms with Crippen LogP contribution >= 0.6 is 0 Å². The molecule has 2 N–H and O–H groups in total. The number of rotatable bonds is 10. The number of allylic oxidation sites excluding steroid dienone is 1. The first kappa shape index (κ1) is 25.3. The first-order valence-corrected chi connectivity index (χ1v) is 11.9. The van der Waals surface area contributed by atoms with Gasteiger partial charge in [0.15, 0.2) is 5.88 Å². The molecule has 0 aliphatic rings. The van der Waals surface area contributed by atoms with Crippen molar-refractivity contribution in [2.45, 2.75) is 59.2 Å². The van der Waals surface area contributed by atoms with Gasteiger partial charge in [0, 0.05) is 11.6 Å². The standard InChI is InChI=1S/C31H37NO2/c1-21-19-22(2)23(3)29(20-21)17-12-16-27-13-10-11-18-30(27)32-26(6)34-25(5)31(24(4)33)28-14-8-7-9-15-28/h7-16,18-20,24-25,31-33H,6,17H2,1-5H3/b16-12-. The van der Waals surface area contributed by atoms with Crippen LogP contribution in [0.15, 0.2) is 85.3 Å². The van der Waals surface area contributed by atoms with E-state index in [2.05, 4.69) is 63.0 Å². The second-order valence-corrected chi connectivity index (χ2v) is 9.11. The normalized spacial score (nSPS) is 13.9. The zero-order valence-corrected chi connectivity index (χ0v) is 21.0. The van der Waals surface area contributed by atoms with Crippen LogP contribution in [0.5, 0.6) is 0 Å². The van der Waals surface area contributed by atoms with E-state index < -0.39 is 6.10 Å². The molecule has 0 fully saturated rings. The van der Waals surface area contributed by atoms with E-state index in [1.807, 2.05) is 55.5 Å². The fraction of sp³-hybridized carbons (Fsp3) is 0.290. The van der Waals surface area contributed by atoms with Crippen LogP contribution in [0.4, 0.5) is 5.69 Å². The first-order chi connectivity index (χ1) is 16.3. The lowest BCUT2D eigenvalue weighted by Gasteiger charge is -2.28. The maximum absolute atomic E-state index is 10.4. The van der Waals surface area contributed by atoms with Crippen molar-refractivity contribution >= 4 is 11.8 Å². The Bertz CT molecular complexity index is 1130. The van der Waals surface area contributed by atoms with Crippen molar-refractivity contribution in [2.75, 3.05) is 5.32 Å². The molecule has 0 saturated heterocycles. The van der Waals surface area contributed by atoms with Gasteiger partial charge in [-0.05, 0) is 81.5 Å². The Morgan fingerprint density at radius 1 is 1.00 bits per heavy atom. The molecule has 0 radical (unpaired) electrons. The number of aliphatic hydroxyl groups is 1. The van der Waals surface area contributed by atoms with Gasteiger partial charge in [0.2, 0.25) is 0 Å². The van der Waals surface area contributed by atoms with Gasteiger partial charge < -0.3 is 15.2 Å². The predicted octanol–water partition coefficient (Wildman–Crippen LogP) is 7.32. The highest BCUT2D eigenvalue weighted by atomic mass is 16.5. The lowest BCUT2D eigenvalue weighted by molar-refractivity contribution is 0.0497. The van der Waals surface area contributed by atoms with Gasteiger partial charge in [0.25, 0.3) is 0 Å². The Labute approximate surface area is 204 Å². The van der Waals surface area contributed by atoms with Crippen molar-refractivity contribution in [1.82, 2.24) is 0 Å². The summed E-state index contributed by atoms with van der Waals surface area (Å²) in [7, 11) is 0. The maximum Gasteiger partial charge on any atom is 0.183 e. The SMILES string of the molecule is C=C(Nc1ccccc1/C=C\Cc1cc(C)cc(C)c1C)OC(C)C(c1ccccc1)C(C)O. The molecular formula is C31H37NO2. The fourth-order valence-electron chi connectivity index (χ4n) is 4.50. The summed E-state index contributed by atoms with van der Waals surface area (Å²) in [5, 5.41) is 13.7. The number of aliphatic hydroxyl groups excluding tert-OH is 1. The van der Waals surface area contributed by atoms with Crippen LogP contribution in [0, 0.1) is 20.8 Å². The molecule has 0 saturated carbocycles. The van der Waals surface area contributed by atoms with E-state index in [1.165, 1.54) is 22.3 Å². The van der Waals surface area contributed by atoms with Crippen LogP contribution in [-0.4, -0.2) is 17.3 Å². The van der Waals surface area contributed by atoms with E-state index >= 15 is 0 Å². The number of hydrogen-bond donors (Lipinski definition) is 2. The number of ether oxygens (including phenoxy) is 1. The summed E-state index contributed by atoms with van der Waals surface area (Å²) >= 11 is 0. The van der Waals surface area contributed by atoms with Gasteiger partial charge in [-0.3, -0.25) is 0 Å². The number of aryl methyl sites for hydroxylation is 2. The third kappa shape index (κ3) is 6.61. The summed E-state index contributed by atoms with van der Waals surface area (Å²) in [6, 6.07) is 22.6. The van der Waals surface area contributed by atoms with E-state index in [0.29, 0.717) is 5.88 Å². The Hall–Kier alpha value is -3.30. The Morgan fingerprint density at radius 2 is 1.68 bits per heavy atom. The van der Waals surface area contributed by atoms with Crippen molar-refractivity contribution in [1.29, 1.82) is 0 Å². The summed E-state index contributed by atoms with van der Waals surface area (Å²) in [6.07, 6.45) is 4.42. The monoisotopic (exact) mass is 455 g/mol. The summed E-state index contributed by atoms with van der Waals surface area (Å²) in [4.78, 5) is 0.